The molecule has 1 fully saturated rings. The van der Waals surface area contributed by atoms with Gasteiger partial charge in [-0.1, -0.05) is 18.5 Å². The second kappa shape index (κ2) is 8.34. The van der Waals surface area contributed by atoms with Gasteiger partial charge in [-0.05, 0) is 41.0 Å². The topological polar surface area (TPSA) is 39.7 Å². The highest BCUT2D eigenvalue weighted by Gasteiger charge is 2.29. The van der Waals surface area contributed by atoms with E-state index >= 15 is 0 Å². The van der Waals surface area contributed by atoms with E-state index in [0.29, 0.717) is 24.8 Å². The highest BCUT2D eigenvalue weighted by atomic mass is 79.9. The fourth-order valence-corrected chi connectivity index (χ4v) is 3.46. The van der Waals surface area contributed by atoms with Gasteiger partial charge in [0.1, 0.15) is 11.9 Å². The average Bonchev–Trinajstić information content (AvgIpc) is 2.48. The monoisotopic (exact) mass is 377 g/mol. The number of ether oxygens (including phenoxy) is 3. The van der Waals surface area contributed by atoms with Crippen molar-refractivity contribution in [3.05, 3.63) is 27.2 Å². The van der Waals surface area contributed by atoms with Crippen molar-refractivity contribution in [3.63, 3.8) is 0 Å². The summed E-state index contributed by atoms with van der Waals surface area (Å²) in [5.41, 5.74) is 0.987. The molecule has 1 saturated heterocycles. The van der Waals surface area contributed by atoms with E-state index in [4.69, 9.17) is 25.8 Å². The van der Waals surface area contributed by atoms with Gasteiger partial charge in [-0.25, -0.2) is 0 Å². The number of rotatable bonds is 6. The van der Waals surface area contributed by atoms with Gasteiger partial charge in [-0.15, -0.1) is 0 Å². The van der Waals surface area contributed by atoms with Crippen LogP contribution >= 0.6 is 27.5 Å². The van der Waals surface area contributed by atoms with E-state index in [2.05, 4.69) is 28.2 Å². The van der Waals surface area contributed by atoms with Crippen molar-refractivity contribution in [2.45, 2.75) is 25.5 Å². The zero-order valence-corrected chi connectivity index (χ0v) is 14.7. The third kappa shape index (κ3) is 4.33. The van der Waals surface area contributed by atoms with Crippen molar-refractivity contribution >= 4 is 27.5 Å². The highest BCUT2D eigenvalue weighted by molar-refractivity contribution is 9.10. The molecule has 1 aliphatic heterocycles. The summed E-state index contributed by atoms with van der Waals surface area (Å²) in [5, 5.41) is 4.18. The van der Waals surface area contributed by atoms with Crippen molar-refractivity contribution < 1.29 is 14.2 Å². The number of nitrogens with one attached hydrogen (secondary N) is 1. The van der Waals surface area contributed by atoms with Crippen LogP contribution in [0, 0.1) is 0 Å². The van der Waals surface area contributed by atoms with Gasteiger partial charge < -0.3 is 19.5 Å². The van der Waals surface area contributed by atoms with E-state index < -0.39 is 0 Å². The molecule has 0 radical (unpaired) electrons. The van der Waals surface area contributed by atoms with Crippen molar-refractivity contribution in [2.75, 3.05) is 33.5 Å². The zero-order valence-electron chi connectivity index (χ0n) is 12.3. The Labute approximate surface area is 139 Å². The first-order valence-electron chi connectivity index (χ1n) is 7.13. The minimum absolute atomic E-state index is 0.0183. The summed E-state index contributed by atoms with van der Waals surface area (Å²) in [6, 6.07) is 3.74. The third-order valence-electron chi connectivity index (χ3n) is 3.40. The van der Waals surface area contributed by atoms with Crippen LogP contribution in [0.1, 0.15) is 24.9 Å². The Morgan fingerprint density at radius 3 is 2.90 bits per heavy atom. The molecule has 1 heterocycles. The standard InChI is InChI=1S/C15H21BrClNO3/c1-3-4-18-14(13-9-20-5-6-21-13)11-7-10(17)8-12(16)15(11)19-2/h7-8,13-14,18H,3-6,9H2,1-2H3. The molecule has 1 aromatic carbocycles. The zero-order chi connectivity index (χ0) is 15.2. The van der Waals surface area contributed by atoms with Gasteiger partial charge in [-0.2, -0.15) is 0 Å². The molecule has 21 heavy (non-hydrogen) atoms. The highest BCUT2D eigenvalue weighted by Crippen LogP contribution is 2.38. The van der Waals surface area contributed by atoms with E-state index in [1.165, 1.54) is 0 Å². The van der Waals surface area contributed by atoms with Crippen LogP contribution in [0.5, 0.6) is 5.75 Å². The predicted octanol–water partition coefficient (Wildman–Crippen LogP) is 3.57. The molecule has 0 spiro atoms. The van der Waals surface area contributed by atoms with Gasteiger partial charge in [0, 0.05) is 10.6 Å². The first-order valence-corrected chi connectivity index (χ1v) is 8.30. The van der Waals surface area contributed by atoms with Gasteiger partial charge in [0.15, 0.2) is 0 Å². The Morgan fingerprint density at radius 2 is 2.29 bits per heavy atom. The first kappa shape index (κ1) is 17.0. The second-order valence-electron chi connectivity index (χ2n) is 4.93. The number of halogens is 2. The lowest BCUT2D eigenvalue weighted by atomic mass is 9.99. The molecule has 0 bridgehead atoms. The van der Waals surface area contributed by atoms with Crippen LogP contribution < -0.4 is 10.1 Å². The molecule has 2 atom stereocenters. The SMILES string of the molecule is CCCNC(c1cc(Cl)cc(Br)c1OC)C1COCCO1. The average molecular weight is 379 g/mol. The van der Waals surface area contributed by atoms with E-state index in [1.54, 1.807) is 7.11 Å². The number of benzene rings is 1. The van der Waals surface area contributed by atoms with Crippen LogP contribution in [-0.2, 0) is 9.47 Å². The maximum absolute atomic E-state index is 6.21. The molecule has 0 saturated carbocycles. The Balaban J connectivity index is 2.34. The fraction of sp³-hybridized carbons (Fsp3) is 0.600. The lowest BCUT2D eigenvalue weighted by Gasteiger charge is -2.32. The maximum Gasteiger partial charge on any atom is 0.138 e. The first-order chi connectivity index (χ1) is 10.2. The van der Waals surface area contributed by atoms with Crippen LogP contribution in [0.3, 0.4) is 0 Å². The molecule has 0 aromatic heterocycles. The Kier molecular flexibility index (Phi) is 6.76. The summed E-state index contributed by atoms with van der Waals surface area (Å²) in [4.78, 5) is 0. The van der Waals surface area contributed by atoms with Gasteiger partial charge in [0.25, 0.3) is 0 Å². The van der Waals surface area contributed by atoms with Crippen molar-refractivity contribution in [1.82, 2.24) is 5.32 Å². The third-order valence-corrected chi connectivity index (χ3v) is 4.21. The molecule has 1 N–H and O–H groups in total. The summed E-state index contributed by atoms with van der Waals surface area (Å²) in [6.45, 7) is 4.84. The second-order valence-corrected chi connectivity index (χ2v) is 6.22. The molecular weight excluding hydrogens is 358 g/mol. The summed E-state index contributed by atoms with van der Waals surface area (Å²) in [7, 11) is 1.66. The van der Waals surface area contributed by atoms with Crippen LogP contribution in [0.4, 0.5) is 0 Å². The smallest absolute Gasteiger partial charge is 0.138 e. The van der Waals surface area contributed by atoms with Crippen LogP contribution in [0.25, 0.3) is 0 Å². The number of hydrogen-bond acceptors (Lipinski definition) is 4. The normalized spacial score (nSPS) is 20.3. The van der Waals surface area contributed by atoms with Crippen LogP contribution in [0.2, 0.25) is 5.02 Å². The van der Waals surface area contributed by atoms with Gasteiger partial charge in [0.2, 0.25) is 0 Å². The largest absolute Gasteiger partial charge is 0.495 e. The van der Waals surface area contributed by atoms with E-state index in [0.717, 1.165) is 28.8 Å². The quantitative estimate of drug-likeness (QED) is 0.821. The van der Waals surface area contributed by atoms with E-state index in [-0.39, 0.29) is 12.1 Å². The lowest BCUT2D eigenvalue weighted by molar-refractivity contribution is -0.102. The van der Waals surface area contributed by atoms with E-state index in [9.17, 15) is 0 Å². The molecule has 2 unspecified atom stereocenters. The Bertz CT molecular complexity index is 466. The minimum Gasteiger partial charge on any atom is -0.495 e. The molecule has 118 valence electrons. The molecule has 0 amide bonds. The summed E-state index contributed by atoms with van der Waals surface area (Å²) < 4.78 is 17.8. The molecule has 1 aromatic rings. The Hall–Kier alpha value is -0.330. The maximum atomic E-state index is 6.21. The van der Waals surface area contributed by atoms with E-state index in [1.807, 2.05) is 12.1 Å². The minimum atomic E-state index is -0.0513. The van der Waals surface area contributed by atoms with Gasteiger partial charge in [-0.3, -0.25) is 0 Å². The predicted molar refractivity (Wildman–Crippen MR) is 87.3 cm³/mol. The molecular formula is C15H21BrClNO3. The fourth-order valence-electron chi connectivity index (χ4n) is 2.47. The molecule has 0 aliphatic carbocycles. The Morgan fingerprint density at radius 1 is 1.48 bits per heavy atom. The molecule has 6 heteroatoms. The lowest BCUT2D eigenvalue weighted by Crippen LogP contribution is -2.41. The summed E-state index contributed by atoms with van der Waals surface area (Å²) >= 11 is 9.72. The van der Waals surface area contributed by atoms with Crippen molar-refractivity contribution in [1.29, 1.82) is 0 Å². The van der Waals surface area contributed by atoms with Crippen molar-refractivity contribution in [2.24, 2.45) is 0 Å². The van der Waals surface area contributed by atoms with Crippen molar-refractivity contribution in [3.8, 4) is 5.75 Å². The summed E-state index contributed by atoms with van der Waals surface area (Å²) in [6.07, 6.45) is 0.985. The molecule has 1 aliphatic rings. The molecule has 4 nitrogen and oxygen atoms in total. The number of hydrogen-bond donors (Lipinski definition) is 1. The molecule has 2 rings (SSSR count). The van der Waals surface area contributed by atoms with Gasteiger partial charge in [0.05, 0.1) is 37.4 Å². The van der Waals surface area contributed by atoms with Crippen LogP contribution in [0.15, 0.2) is 16.6 Å². The van der Waals surface area contributed by atoms with Gasteiger partial charge >= 0.3 is 0 Å². The van der Waals surface area contributed by atoms with Crippen LogP contribution in [-0.4, -0.2) is 39.6 Å². The number of methoxy groups -OCH3 is 1. The summed E-state index contributed by atoms with van der Waals surface area (Å²) in [5.74, 6) is 0.780.